The van der Waals surface area contributed by atoms with E-state index < -0.39 is 133 Å². The van der Waals surface area contributed by atoms with E-state index in [2.05, 4.69) is 56.1 Å². The van der Waals surface area contributed by atoms with Crippen LogP contribution in [-0.2, 0) is 50.2 Å². The SMILES string of the molecule is CS(=O)(=O)Nc1cccc(Nc2nc(Nc3cc(S(=O)(=O)O)cc4cc(S(C)(=O)=O)c(N=Nc5cccc6ccccc56)c(O)c34)nc(Nc3cc(S(=O)(=O)O)cc4cc(S(=O)(=O)O)c(N=Nc5cccc6ccccc56)c(O)c34)n2)c1. The van der Waals surface area contributed by atoms with E-state index in [9.17, 15) is 66.0 Å². The summed E-state index contributed by atoms with van der Waals surface area (Å²) in [5, 5.41) is 50.3. The van der Waals surface area contributed by atoms with Gasteiger partial charge in [-0.1, -0.05) is 78.9 Å². The van der Waals surface area contributed by atoms with Crippen molar-refractivity contribution in [2.45, 2.75) is 19.6 Å². The average molecular weight is 1210 g/mol. The largest absolute Gasteiger partial charge is 0.505 e. The molecule has 418 valence electrons. The number of sulfonamides is 1. The number of azo groups is 2. The Bertz CT molecular complexity index is 4730. The molecule has 82 heavy (non-hydrogen) atoms. The molecule has 9 N–H and O–H groups in total. The number of fused-ring (bicyclic) bond motifs is 4. The van der Waals surface area contributed by atoms with E-state index in [1.165, 1.54) is 30.3 Å². The lowest BCUT2D eigenvalue weighted by atomic mass is 10.1. The number of nitrogens with one attached hydrogen (secondary N) is 4. The van der Waals surface area contributed by atoms with Crippen molar-refractivity contribution in [2.75, 3.05) is 33.2 Å². The van der Waals surface area contributed by atoms with Gasteiger partial charge in [-0.3, -0.25) is 18.4 Å². The van der Waals surface area contributed by atoms with E-state index in [0.29, 0.717) is 16.2 Å². The summed E-state index contributed by atoms with van der Waals surface area (Å²) >= 11 is 0. The van der Waals surface area contributed by atoms with Crippen molar-refractivity contribution in [1.82, 2.24) is 15.0 Å². The Balaban J connectivity index is 1.18. The molecule has 0 fully saturated rings. The molecule has 10 rings (SSSR count). The summed E-state index contributed by atoms with van der Waals surface area (Å²) in [4.78, 5) is 9.73. The molecule has 0 atom stereocenters. The number of rotatable bonds is 16. The predicted octanol–water partition coefficient (Wildman–Crippen LogP) is 10.5. The first-order valence-electron chi connectivity index (χ1n) is 23.3. The van der Waals surface area contributed by atoms with Crippen LogP contribution in [-0.4, -0.2) is 93.4 Å². The first kappa shape index (κ1) is 56.0. The predicted molar refractivity (Wildman–Crippen MR) is 305 cm³/mol. The van der Waals surface area contributed by atoms with E-state index in [-0.39, 0.29) is 33.5 Å². The van der Waals surface area contributed by atoms with Gasteiger partial charge in [0.05, 0.1) is 49.4 Å². The Hall–Kier alpha value is -9.34. The van der Waals surface area contributed by atoms with Crippen molar-refractivity contribution in [3.05, 3.63) is 146 Å². The van der Waals surface area contributed by atoms with Gasteiger partial charge in [-0.2, -0.15) is 40.2 Å². The molecular formula is C51H39N11O15S5. The molecule has 1 heterocycles. The molecule has 0 aliphatic carbocycles. The van der Waals surface area contributed by atoms with Gasteiger partial charge in [-0.05, 0) is 88.3 Å². The van der Waals surface area contributed by atoms with Crippen LogP contribution in [0, 0.1) is 0 Å². The fourth-order valence-corrected chi connectivity index (χ4v) is 11.8. The second-order valence-electron chi connectivity index (χ2n) is 18.0. The summed E-state index contributed by atoms with van der Waals surface area (Å²) in [7, 11) is -23.8. The summed E-state index contributed by atoms with van der Waals surface area (Å²) in [6.07, 6.45) is 1.71. The van der Waals surface area contributed by atoms with Gasteiger partial charge in [-0.25, -0.2) is 16.8 Å². The molecule has 26 nitrogen and oxygen atoms in total. The third kappa shape index (κ3) is 11.9. The van der Waals surface area contributed by atoms with Gasteiger partial charge in [0, 0.05) is 33.5 Å². The molecular weight excluding hydrogens is 1170 g/mol. The number of phenols is 2. The van der Waals surface area contributed by atoms with Crippen molar-refractivity contribution in [2.24, 2.45) is 20.5 Å². The lowest BCUT2D eigenvalue weighted by Gasteiger charge is -2.17. The summed E-state index contributed by atoms with van der Waals surface area (Å²) in [6, 6.07) is 34.6. The number of hydrogen-bond acceptors (Lipinski definition) is 22. The topological polar surface area (TPSA) is 408 Å². The Morgan fingerprint density at radius 1 is 0.415 bits per heavy atom. The molecule has 0 unspecified atom stereocenters. The zero-order valence-corrected chi connectivity index (χ0v) is 45.9. The Kier molecular flexibility index (Phi) is 14.3. The minimum atomic E-state index is -5.31. The fraction of sp³-hybridized carbons (Fsp3) is 0.0392. The quantitative estimate of drug-likeness (QED) is 0.0320. The lowest BCUT2D eigenvalue weighted by molar-refractivity contribution is 0.472. The zero-order chi connectivity index (χ0) is 58.7. The highest BCUT2D eigenvalue weighted by atomic mass is 32.2. The molecule has 0 spiro atoms. The van der Waals surface area contributed by atoms with Crippen molar-refractivity contribution >= 4 is 157 Å². The van der Waals surface area contributed by atoms with Crippen LogP contribution in [0.2, 0.25) is 0 Å². The Morgan fingerprint density at radius 2 is 0.829 bits per heavy atom. The second-order valence-corrected chi connectivity index (χ2v) is 26.0. The number of phenolic OH excluding ortho intramolecular Hbond substituents is 2. The highest BCUT2D eigenvalue weighted by Crippen LogP contribution is 2.48. The standard InChI is InChI=1S/C51H39N11O15S5/c1-78(65,66)41-22-29-20-33(80(69,70)71)25-39(43(29)47(63)45(41)60-58-37-18-7-12-27-10-3-5-16-35(27)37)53-50-55-49(52-31-14-9-15-32(24-31)62-79(2,67)68)56-51(57-50)54-40-26-34(81(72,73)74)21-30-23-42(82(75,76)77)46(48(64)44(30)40)61-59-38-19-8-13-28-11-4-6-17-36(28)38/h3-26,62-64H,1-2H3,(H,69,70,71)(H,72,73,74)(H,75,76,77)(H3,52,53,54,55,56,57). The van der Waals surface area contributed by atoms with Gasteiger partial charge in [0.1, 0.15) is 16.3 Å². The van der Waals surface area contributed by atoms with Gasteiger partial charge < -0.3 is 26.2 Å². The Morgan fingerprint density at radius 3 is 1.28 bits per heavy atom. The summed E-state index contributed by atoms with van der Waals surface area (Å²) in [6.45, 7) is 0. The average Bonchev–Trinajstić information content (AvgIpc) is 3.48. The van der Waals surface area contributed by atoms with Crippen LogP contribution in [0.1, 0.15) is 0 Å². The van der Waals surface area contributed by atoms with Gasteiger partial charge >= 0.3 is 0 Å². The maximum atomic E-state index is 13.4. The molecule has 0 amide bonds. The first-order valence-corrected chi connectivity index (χ1v) is 31.4. The van der Waals surface area contributed by atoms with Crippen LogP contribution < -0.4 is 20.7 Å². The molecule has 10 aromatic rings. The molecule has 0 saturated heterocycles. The smallest absolute Gasteiger partial charge is 0.296 e. The number of anilines is 7. The number of benzene rings is 9. The highest BCUT2D eigenvalue weighted by molar-refractivity contribution is 7.92. The zero-order valence-electron chi connectivity index (χ0n) is 41.8. The molecule has 9 aromatic carbocycles. The van der Waals surface area contributed by atoms with E-state index in [1.807, 2.05) is 0 Å². The van der Waals surface area contributed by atoms with Crippen LogP contribution in [0.15, 0.2) is 186 Å². The van der Waals surface area contributed by atoms with Gasteiger partial charge in [0.25, 0.3) is 30.4 Å². The van der Waals surface area contributed by atoms with Crippen LogP contribution >= 0.6 is 0 Å². The van der Waals surface area contributed by atoms with Crippen LogP contribution in [0.3, 0.4) is 0 Å². The number of sulfone groups is 1. The lowest BCUT2D eigenvalue weighted by Crippen LogP contribution is -2.10. The highest BCUT2D eigenvalue weighted by Gasteiger charge is 2.28. The molecule has 0 saturated carbocycles. The molecule has 0 aliphatic heterocycles. The first-order chi connectivity index (χ1) is 38.6. The third-order valence-corrected chi connectivity index (χ3v) is 16.4. The van der Waals surface area contributed by atoms with E-state index in [0.717, 1.165) is 54.3 Å². The van der Waals surface area contributed by atoms with E-state index in [1.54, 1.807) is 78.9 Å². The minimum Gasteiger partial charge on any atom is -0.505 e. The minimum absolute atomic E-state index is 0.0609. The van der Waals surface area contributed by atoms with Crippen molar-refractivity contribution in [3.8, 4) is 11.5 Å². The van der Waals surface area contributed by atoms with Crippen molar-refractivity contribution in [3.63, 3.8) is 0 Å². The molecule has 0 radical (unpaired) electrons. The van der Waals surface area contributed by atoms with Crippen LogP contribution in [0.25, 0.3) is 43.1 Å². The van der Waals surface area contributed by atoms with Crippen LogP contribution in [0.5, 0.6) is 11.5 Å². The summed E-state index contributed by atoms with van der Waals surface area (Å²) in [5.74, 6) is -3.56. The van der Waals surface area contributed by atoms with Gasteiger partial charge in [-0.15, -0.1) is 20.5 Å². The van der Waals surface area contributed by atoms with Crippen LogP contribution in [0.4, 0.5) is 63.3 Å². The fourth-order valence-electron chi connectivity index (χ4n) is 8.67. The molecule has 31 heteroatoms. The monoisotopic (exact) mass is 1210 g/mol. The normalized spacial score (nSPS) is 12.7. The maximum absolute atomic E-state index is 13.4. The van der Waals surface area contributed by atoms with Gasteiger partial charge in [0.15, 0.2) is 21.3 Å². The molecule has 1 aromatic heterocycles. The summed E-state index contributed by atoms with van der Waals surface area (Å²) < 4.78 is 162. The van der Waals surface area contributed by atoms with Crippen molar-refractivity contribution < 1.29 is 66.0 Å². The van der Waals surface area contributed by atoms with E-state index in [4.69, 9.17) is 0 Å². The van der Waals surface area contributed by atoms with Crippen molar-refractivity contribution in [1.29, 1.82) is 0 Å². The molecule has 0 bridgehead atoms. The number of hydrogen-bond donors (Lipinski definition) is 9. The summed E-state index contributed by atoms with van der Waals surface area (Å²) in [5.41, 5.74) is -1.75. The Labute approximate surface area is 465 Å². The number of nitrogens with zero attached hydrogens (tertiary/aromatic N) is 7. The molecule has 0 aliphatic rings. The maximum Gasteiger partial charge on any atom is 0.296 e. The number of aromatic hydroxyl groups is 2. The van der Waals surface area contributed by atoms with Gasteiger partial charge in [0.2, 0.25) is 27.9 Å². The second kappa shape index (κ2) is 21.0. The number of aromatic nitrogens is 3. The van der Waals surface area contributed by atoms with E-state index >= 15 is 0 Å². The third-order valence-electron chi connectivity index (χ3n) is 12.1.